The van der Waals surface area contributed by atoms with Crippen molar-refractivity contribution in [3.63, 3.8) is 0 Å². The first-order valence-electron chi connectivity index (χ1n) is 6.54. The topological polar surface area (TPSA) is 69.6 Å². The molecule has 1 amide bonds. The van der Waals surface area contributed by atoms with Crippen LogP contribution >= 0.6 is 0 Å². The van der Waals surface area contributed by atoms with Crippen LogP contribution in [0.5, 0.6) is 0 Å². The summed E-state index contributed by atoms with van der Waals surface area (Å²) in [4.78, 5) is 24.8. The molecule has 0 atom stereocenters. The third-order valence-electron chi connectivity index (χ3n) is 3.84. The van der Waals surface area contributed by atoms with Crippen molar-refractivity contribution in [3.05, 3.63) is 29.3 Å². The van der Waals surface area contributed by atoms with Gasteiger partial charge in [-0.05, 0) is 30.5 Å². The standard InChI is InChI=1S/C14H16N2O3/c17-13(16-7-9(8-16)14(18)19)11-3-1-5-12-10(11)4-2-6-15-12/h1,3,5,9,15H,2,4,6-8H2,(H,18,19). The first kappa shape index (κ1) is 12.0. The average molecular weight is 260 g/mol. The molecule has 2 aliphatic heterocycles. The monoisotopic (exact) mass is 260 g/mol. The summed E-state index contributed by atoms with van der Waals surface area (Å²) >= 11 is 0. The van der Waals surface area contributed by atoms with Crippen molar-refractivity contribution in [2.24, 2.45) is 5.92 Å². The quantitative estimate of drug-likeness (QED) is 0.838. The Morgan fingerprint density at radius 2 is 2.11 bits per heavy atom. The molecule has 5 heteroatoms. The van der Waals surface area contributed by atoms with Crippen molar-refractivity contribution in [1.29, 1.82) is 0 Å². The van der Waals surface area contributed by atoms with Crippen molar-refractivity contribution in [3.8, 4) is 0 Å². The van der Waals surface area contributed by atoms with Crippen LogP contribution in [-0.4, -0.2) is 41.5 Å². The fraction of sp³-hybridized carbons (Fsp3) is 0.429. The number of anilines is 1. The number of hydrogen-bond donors (Lipinski definition) is 2. The largest absolute Gasteiger partial charge is 0.481 e. The zero-order valence-electron chi connectivity index (χ0n) is 10.6. The van der Waals surface area contributed by atoms with E-state index in [0.717, 1.165) is 30.6 Å². The number of likely N-dealkylation sites (tertiary alicyclic amines) is 1. The molecular weight excluding hydrogens is 244 g/mol. The molecule has 5 nitrogen and oxygen atoms in total. The Labute approximate surface area is 111 Å². The van der Waals surface area contributed by atoms with Gasteiger partial charge in [-0.1, -0.05) is 6.07 Å². The minimum atomic E-state index is -0.819. The summed E-state index contributed by atoms with van der Waals surface area (Å²) in [6.07, 6.45) is 1.93. The number of benzene rings is 1. The Morgan fingerprint density at radius 3 is 2.84 bits per heavy atom. The number of aliphatic carboxylic acids is 1. The van der Waals surface area contributed by atoms with Crippen molar-refractivity contribution in [2.75, 3.05) is 25.0 Å². The number of nitrogens with zero attached hydrogens (tertiary/aromatic N) is 1. The molecule has 100 valence electrons. The number of fused-ring (bicyclic) bond motifs is 1. The van der Waals surface area contributed by atoms with Gasteiger partial charge in [0.2, 0.25) is 0 Å². The molecule has 1 aromatic carbocycles. The minimum Gasteiger partial charge on any atom is -0.481 e. The molecule has 3 rings (SSSR count). The molecule has 2 N–H and O–H groups in total. The van der Waals surface area contributed by atoms with Gasteiger partial charge in [-0.25, -0.2) is 0 Å². The lowest BCUT2D eigenvalue weighted by atomic mass is 9.94. The van der Waals surface area contributed by atoms with Crippen LogP contribution in [0.3, 0.4) is 0 Å². The summed E-state index contributed by atoms with van der Waals surface area (Å²) in [6.45, 7) is 1.59. The molecule has 1 aromatic rings. The van der Waals surface area contributed by atoms with E-state index in [9.17, 15) is 9.59 Å². The van der Waals surface area contributed by atoms with Crippen LogP contribution in [0.25, 0.3) is 0 Å². The smallest absolute Gasteiger partial charge is 0.310 e. The highest BCUT2D eigenvalue weighted by Gasteiger charge is 2.36. The molecule has 0 spiro atoms. The average Bonchev–Trinajstić information content (AvgIpc) is 2.35. The Balaban J connectivity index is 1.80. The highest BCUT2D eigenvalue weighted by molar-refractivity contribution is 5.98. The fourth-order valence-corrected chi connectivity index (χ4v) is 2.68. The maximum Gasteiger partial charge on any atom is 0.310 e. The first-order chi connectivity index (χ1) is 9.16. The molecule has 0 radical (unpaired) electrons. The van der Waals surface area contributed by atoms with E-state index < -0.39 is 11.9 Å². The van der Waals surface area contributed by atoms with Gasteiger partial charge in [0.05, 0.1) is 5.92 Å². The first-order valence-corrected chi connectivity index (χ1v) is 6.54. The zero-order chi connectivity index (χ0) is 13.4. The summed E-state index contributed by atoms with van der Waals surface area (Å²) < 4.78 is 0. The molecule has 0 aliphatic carbocycles. The second kappa shape index (κ2) is 4.57. The Hall–Kier alpha value is -2.04. The zero-order valence-corrected chi connectivity index (χ0v) is 10.6. The normalized spacial score (nSPS) is 18.2. The van der Waals surface area contributed by atoms with E-state index >= 15 is 0 Å². The highest BCUT2D eigenvalue weighted by atomic mass is 16.4. The SMILES string of the molecule is O=C(O)C1CN(C(=O)c2cccc3c2CCCN3)C1. The Bertz CT molecular complexity index is 535. The van der Waals surface area contributed by atoms with Crippen LogP contribution in [0.2, 0.25) is 0 Å². The molecular formula is C14H16N2O3. The van der Waals surface area contributed by atoms with Crippen LogP contribution in [-0.2, 0) is 11.2 Å². The minimum absolute atomic E-state index is 0.0435. The highest BCUT2D eigenvalue weighted by Crippen LogP contribution is 2.28. The van der Waals surface area contributed by atoms with Gasteiger partial charge in [-0.2, -0.15) is 0 Å². The third kappa shape index (κ3) is 2.05. The molecule has 0 saturated carbocycles. The van der Waals surface area contributed by atoms with Gasteiger partial charge in [0.15, 0.2) is 0 Å². The maximum absolute atomic E-state index is 12.4. The van der Waals surface area contributed by atoms with Gasteiger partial charge in [-0.3, -0.25) is 9.59 Å². The third-order valence-corrected chi connectivity index (χ3v) is 3.84. The number of rotatable bonds is 2. The second-order valence-corrected chi connectivity index (χ2v) is 5.11. The van der Waals surface area contributed by atoms with Crippen LogP contribution in [0.15, 0.2) is 18.2 Å². The predicted molar refractivity (Wildman–Crippen MR) is 70.3 cm³/mol. The molecule has 2 aliphatic rings. The lowest BCUT2D eigenvalue weighted by Crippen LogP contribution is -2.53. The summed E-state index contributed by atoms with van der Waals surface area (Å²) in [5, 5.41) is 12.1. The van der Waals surface area contributed by atoms with Crippen LogP contribution < -0.4 is 5.32 Å². The summed E-state index contributed by atoms with van der Waals surface area (Å²) in [6, 6.07) is 5.70. The second-order valence-electron chi connectivity index (χ2n) is 5.11. The van der Waals surface area contributed by atoms with Gasteiger partial charge in [-0.15, -0.1) is 0 Å². The lowest BCUT2D eigenvalue weighted by molar-refractivity contribution is -0.146. The van der Waals surface area contributed by atoms with E-state index in [1.807, 2.05) is 18.2 Å². The van der Waals surface area contributed by atoms with Gasteiger partial charge in [0.1, 0.15) is 0 Å². The Kier molecular flexibility index (Phi) is 2.89. The van der Waals surface area contributed by atoms with E-state index in [1.54, 1.807) is 4.90 Å². The molecule has 2 heterocycles. The van der Waals surface area contributed by atoms with Crippen LogP contribution in [0, 0.1) is 5.92 Å². The van der Waals surface area contributed by atoms with Crippen molar-refractivity contribution >= 4 is 17.6 Å². The van der Waals surface area contributed by atoms with Crippen molar-refractivity contribution in [2.45, 2.75) is 12.8 Å². The van der Waals surface area contributed by atoms with Gasteiger partial charge in [0.25, 0.3) is 5.91 Å². The molecule has 1 saturated heterocycles. The van der Waals surface area contributed by atoms with Crippen molar-refractivity contribution < 1.29 is 14.7 Å². The number of amides is 1. The summed E-state index contributed by atoms with van der Waals surface area (Å²) in [5.74, 6) is -1.26. The fourth-order valence-electron chi connectivity index (χ4n) is 2.68. The van der Waals surface area contributed by atoms with Gasteiger partial charge < -0.3 is 15.3 Å². The Morgan fingerprint density at radius 1 is 1.32 bits per heavy atom. The van der Waals surface area contributed by atoms with E-state index in [4.69, 9.17) is 5.11 Å². The number of hydrogen-bond acceptors (Lipinski definition) is 3. The number of carboxylic acid groups (broad SMARTS) is 1. The number of nitrogens with one attached hydrogen (secondary N) is 1. The number of carboxylic acids is 1. The van der Waals surface area contributed by atoms with Gasteiger partial charge in [0, 0.05) is 30.9 Å². The van der Waals surface area contributed by atoms with E-state index in [-0.39, 0.29) is 5.91 Å². The number of carbonyl (C=O) groups excluding carboxylic acids is 1. The van der Waals surface area contributed by atoms with Crippen LogP contribution in [0.1, 0.15) is 22.3 Å². The molecule has 0 aromatic heterocycles. The lowest BCUT2D eigenvalue weighted by Gasteiger charge is -2.37. The van der Waals surface area contributed by atoms with E-state index in [1.165, 1.54) is 0 Å². The molecule has 19 heavy (non-hydrogen) atoms. The van der Waals surface area contributed by atoms with E-state index in [0.29, 0.717) is 18.7 Å². The van der Waals surface area contributed by atoms with E-state index in [2.05, 4.69) is 5.32 Å². The van der Waals surface area contributed by atoms with Crippen LogP contribution in [0.4, 0.5) is 5.69 Å². The predicted octanol–water partition coefficient (Wildman–Crippen LogP) is 1.20. The molecule has 1 fully saturated rings. The number of carbonyl (C=O) groups is 2. The van der Waals surface area contributed by atoms with Crippen molar-refractivity contribution in [1.82, 2.24) is 4.90 Å². The molecule has 0 bridgehead atoms. The van der Waals surface area contributed by atoms with Gasteiger partial charge >= 0.3 is 5.97 Å². The molecule has 0 unspecified atom stereocenters. The maximum atomic E-state index is 12.4. The summed E-state index contributed by atoms with van der Waals surface area (Å²) in [5.41, 5.74) is 2.82. The summed E-state index contributed by atoms with van der Waals surface area (Å²) in [7, 11) is 0.